The minimum Gasteiger partial charge on any atom is -0.102 e. The lowest BCUT2D eigenvalue weighted by Gasteiger charge is -2.39. The Kier molecular flexibility index (Phi) is 26.9. The molecular weight excluding hydrogens is 1210 g/mol. The van der Waals surface area contributed by atoms with E-state index in [0.29, 0.717) is 32.5 Å². The number of hydrogen-bond acceptors (Lipinski definition) is 0. The van der Waals surface area contributed by atoms with Gasteiger partial charge in [0.25, 0.3) is 0 Å². The molecule has 0 saturated carbocycles. The summed E-state index contributed by atoms with van der Waals surface area (Å²) in [6.07, 6.45) is 36.7. The van der Waals surface area contributed by atoms with Gasteiger partial charge in [-0.05, 0) is 282 Å². The average Bonchev–Trinajstić information content (AvgIpc) is 1.87. The van der Waals surface area contributed by atoms with Gasteiger partial charge in [0.15, 0.2) is 0 Å². The Morgan fingerprint density at radius 1 is 0.287 bits per heavy atom. The Morgan fingerprint density at radius 2 is 0.564 bits per heavy atom. The van der Waals surface area contributed by atoms with Gasteiger partial charge < -0.3 is 0 Å². The van der Waals surface area contributed by atoms with Crippen LogP contribution in [0, 0.1) is 5.92 Å². The number of fused-ring (bicyclic) bond motifs is 8. The van der Waals surface area contributed by atoms with Crippen molar-refractivity contribution in [3.63, 3.8) is 0 Å². The Morgan fingerprint density at radius 3 is 0.980 bits per heavy atom. The van der Waals surface area contributed by atoms with Crippen LogP contribution in [0.3, 0.4) is 0 Å². The number of rotatable bonds is 7. The summed E-state index contributed by atoms with van der Waals surface area (Å²) in [6, 6.07) is 71.0. The fourth-order valence-electron chi connectivity index (χ4n) is 18.9. The molecule has 6 atom stereocenters. The van der Waals surface area contributed by atoms with Crippen LogP contribution >= 0.6 is 0 Å². The summed E-state index contributed by atoms with van der Waals surface area (Å²) < 4.78 is 0. The van der Waals surface area contributed by atoms with Crippen LogP contribution in [-0.4, -0.2) is 0 Å². The topological polar surface area (TPSA) is 0 Å². The first kappa shape index (κ1) is 78.4. The van der Waals surface area contributed by atoms with E-state index in [0.717, 1.165) is 5.92 Å². The first-order chi connectivity index (χ1) is 48.3. The highest BCUT2D eigenvalue weighted by atomic mass is 14.4. The molecule has 538 valence electrons. The SMILES string of the molecule is C=CC1(C)CCCc2ccccc21.C=CC1(C)CCc2ccccc21.CC(C)C1(C)CCCc2ccccc21.CC1(C)CCCc2ccccc21.CC1(C)CCc2ccccc21.CCC1(C)CCCc2ccccc21.CCC1(C)CCc2ccccc21.CCCC1(C)CCCc2ccccc21. The summed E-state index contributed by atoms with van der Waals surface area (Å²) in [5.41, 5.74) is 28.0. The van der Waals surface area contributed by atoms with Crippen LogP contribution < -0.4 is 0 Å². The van der Waals surface area contributed by atoms with Crippen LogP contribution in [0.5, 0.6) is 0 Å². The lowest BCUT2D eigenvalue weighted by molar-refractivity contribution is 0.290. The highest BCUT2D eigenvalue weighted by molar-refractivity contribution is 5.45. The summed E-state index contributed by atoms with van der Waals surface area (Å²) in [4.78, 5) is 0. The molecule has 8 aromatic carbocycles. The summed E-state index contributed by atoms with van der Waals surface area (Å²) in [5, 5.41) is 0. The molecule has 0 N–H and O–H groups in total. The lowest BCUT2D eigenvalue weighted by Crippen LogP contribution is -2.32. The van der Waals surface area contributed by atoms with Crippen LogP contribution in [-0.2, 0) is 94.7 Å². The first-order valence-corrected chi connectivity index (χ1v) is 40.3. The van der Waals surface area contributed by atoms with Crippen molar-refractivity contribution in [3.8, 4) is 0 Å². The molecule has 0 heteroatoms. The first-order valence-electron chi connectivity index (χ1n) is 40.3. The van der Waals surface area contributed by atoms with Gasteiger partial charge in [-0.25, -0.2) is 0 Å². The van der Waals surface area contributed by atoms with Crippen molar-refractivity contribution in [1.82, 2.24) is 0 Å². The molecular formula is C101H134. The van der Waals surface area contributed by atoms with Gasteiger partial charge in [0.2, 0.25) is 0 Å². The average molecular weight is 1350 g/mol. The molecule has 0 radical (unpaired) electrons. The monoisotopic (exact) mass is 1350 g/mol. The van der Waals surface area contributed by atoms with Crippen molar-refractivity contribution in [2.45, 2.75) is 308 Å². The third-order valence-corrected chi connectivity index (χ3v) is 26.7. The molecule has 0 aromatic heterocycles. The lowest BCUT2D eigenvalue weighted by atomic mass is 9.65. The van der Waals surface area contributed by atoms with Crippen LogP contribution in [0.2, 0.25) is 0 Å². The molecule has 0 bridgehead atoms. The van der Waals surface area contributed by atoms with Gasteiger partial charge in [-0.15, -0.1) is 13.2 Å². The highest BCUT2D eigenvalue weighted by Gasteiger charge is 2.37. The molecule has 0 fully saturated rings. The summed E-state index contributed by atoms with van der Waals surface area (Å²) in [5.74, 6) is 0.740. The second-order valence-electron chi connectivity index (χ2n) is 34.7. The van der Waals surface area contributed by atoms with E-state index in [2.05, 4.69) is 323 Å². The Balaban J connectivity index is 0.000000135. The van der Waals surface area contributed by atoms with E-state index in [1.54, 1.807) is 66.8 Å². The van der Waals surface area contributed by atoms with E-state index in [1.807, 2.05) is 0 Å². The van der Waals surface area contributed by atoms with E-state index in [9.17, 15) is 0 Å². The minimum atomic E-state index is 0.217. The van der Waals surface area contributed by atoms with Crippen LogP contribution in [0.1, 0.15) is 302 Å². The molecule has 16 rings (SSSR count). The molecule has 0 spiro atoms. The zero-order chi connectivity index (χ0) is 72.5. The summed E-state index contributed by atoms with van der Waals surface area (Å²) in [6.45, 7) is 43.1. The maximum Gasteiger partial charge on any atom is 0.0107 e. The molecule has 8 aliphatic rings. The fraction of sp³-hybridized carbons (Fsp3) is 0.485. The largest absolute Gasteiger partial charge is 0.102 e. The Labute approximate surface area is 618 Å². The zero-order valence-electron chi connectivity index (χ0n) is 66.3. The van der Waals surface area contributed by atoms with Gasteiger partial charge >= 0.3 is 0 Å². The van der Waals surface area contributed by atoms with Crippen molar-refractivity contribution < 1.29 is 0 Å². The third kappa shape index (κ3) is 18.6. The maximum absolute atomic E-state index is 3.95. The van der Waals surface area contributed by atoms with Gasteiger partial charge in [0, 0.05) is 10.8 Å². The second-order valence-corrected chi connectivity index (χ2v) is 34.7. The molecule has 0 amide bonds. The Hall–Kier alpha value is -6.76. The molecule has 8 aromatic rings. The normalized spacial score (nSPS) is 25.1. The summed E-state index contributed by atoms with van der Waals surface area (Å²) >= 11 is 0. The second kappa shape index (κ2) is 34.7. The molecule has 0 nitrogen and oxygen atoms in total. The number of aryl methyl sites for hydroxylation is 8. The fourth-order valence-corrected chi connectivity index (χ4v) is 18.9. The highest BCUT2D eigenvalue weighted by Crippen LogP contribution is 2.46. The van der Waals surface area contributed by atoms with Gasteiger partial charge in [-0.2, -0.15) is 0 Å². The number of benzene rings is 8. The van der Waals surface area contributed by atoms with Crippen LogP contribution in [0.15, 0.2) is 219 Å². The smallest absolute Gasteiger partial charge is 0.0107 e. The molecule has 0 saturated heterocycles. The predicted molar refractivity (Wildman–Crippen MR) is 442 cm³/mol. The van der Waals surface area contributed by atoms with Crippen molar-refractivity contribution in [1.29, 1.82) is 0 Å². The van der Waals surface area contributed by atoms with Crippen molar-refractivity contribution in [3.05, 3.63) is 308 Å². The van der Waals surface area contributed by atoms with E-state index >= 15 is 0 Å². The molecule has 6 unspecified atom stereocenters. The molecule has 8 aliphatic carbocycles. The van der Waals surface area contributed by atoms with E-state index < -0.39 is 0 Å². The Bertz CT molecular complexity index is 3950. The van der Waals surface area contributed by atoms with E-state index in [4.69, 9.17) is 0 Å². The standard InChI is InChI=1S/2C14H20.C13H18.C13H16.2C12H16.C12H14.C11H14/c1-11(2)14(3)10-6-8-12-7-4-5-9-13(12)14;1-3-10-14(2)11-6-8-12-7-4-5-9-13(12)14;2*1-3-13(2)10-6-8-11-7-4-5-9-12(11)13;1-12(2)9-5-7-10-6-3-4-8-11(10)12;2*1-3-12(2)9-8-10-6-4-5-7-11(10)12;1-11(2)8-7-9-5-3-4-6-10(9)11/h4-5,7,9,11H,6,8,10H2,1-3H3;4-5,7,9H,3,6,8,10-11H2,1-2H3;4-5,7,9H,3,6,8,10H2,1-2H3;3-5,7,9H,1,6,8,10H2,2H3;3-4,6,8H,5,7,9H2,1-2H3;4-7H,3,8-9H2,1-2H3;3-7H,1,8-9H2,2H3;3-6H,7-8H2,1-2H3. The number of allylic oxidation sites excluding steroid dienone is 2. The maximum atomic E-state index is 3.95. The van der Waals surface area contributed by atoms with Crippen LogP contribution in [0.25, 0.3) is 0 Å². The van der Waals surface area contributed by atoms with Crippen molar-refractivity contribution in [2.24, 2.45) is 5.92 Å². The third-order valence-electron chi connectivity index (χ3n) is 26.7. The molecule has 101 heavy (non-hydrogen) atoms. The van der Waals surface area contributed by atoms with Crippen molar-refractivity contribution in [2.75, 3.05) is 0 Å². The quantitative estimate of drug-likeness (QED) is 0.140. The van der Waals surface area contributed by atoms with Gasteiger partial charge in [0.1, 0.15) is 0 Å². The van der Waals surface area contributed by atoms with Crippen molar-refractivity contribution >= 4 is 0 Å². The minimum absolute atomic E-state index is 0.217. The summed E-state index contributed by atoms with van der Waals surface area (Å²) in [7, 11) is 0. The van der Waals surface area contributed by atoms with Crippen LogP contribution in [0.4, 0.5) is 0 Å². The van der Waals surface area contributed by atoms with Gasteiger partial charge in [0.05, 0.1) is 0 Å². The van der Waals surface area contributed by atoms with Gasteiger partial charge in [-0.1, -0.05) is 317 Å². The van der Waals surface area contributed by atoms with E-state index in [1.165, 1.54) is 183 Å². The molecule has 0 aliphatic heterocycles. The molecule has 0 heterocycles. The number of hydrogen-bond donors (Lipinski definition) is 0. The van der Waals surface area contributed by atoms with E-state index in [-0.39, 0.29) is 10.8 Å². The zero-order valence-corrected chi connectivity index (χ0v) is 66.3. The van der Waals surface area contributed by atoms with Gasteiger partial charge in [-0.3, -0.25) is 0 Å². The predicted octanol–water partition coefficient (Wildman–Crippen LogP) is 27.8.